The van der Waals surface area contributed by atoms with E-state index in [-0.39, 0.29) is 0 Å². The van der Waals surface area contributed by atoms with Crippen LogP contribution in [-0.2, 0) is 12.8 Å². The number of fused-ring (bicyclic) bond motifs is 3. The number of amidine groups is 1. The number of nitrogens with two attached hydrogens (primary N) is 2. The van der Waals surface area contributed by atoms with Crippen LogP contribution < -0.4 is 16.5 Å². The van der Waals surface area contributed by atoms with Gasteiger partial charge in [-0.3, -0.25) is 0 Å². The summed E-state index contributed by atoms with van der Waals surface area (Å²) in [5, 5.41) is 4.72. The fraction of sp³-hybridized carbons (Fsp3) is 0.121. The van der Waals surface area contributed by atoms with E-state index >= 15 is 0 Å². The Kier molecular flexibility index (Phi) is 12.0. The summed E-state index contributed by atoms with van der Waals surface area (Å²) in [5.41, 5.74) is 23.9. The molecule has 1 heterocycles. The molecule has 2 aliphatic rings. The van der Waals surface area contributed by atoms with Crippen LogP contribution >= 0.6 is 0 Å². The molecule has 8 aromatic rings. The zero-order chi connectivity index (χ0) is 43.1. The van der Waals surface area contributed by atoms with Crippen LogP contribution in [0, 0.1) is 5.92 Å². The fourth-order valence-corrected chi connectivity index (χ4v) is 8.83. The molecule has 4 N–H and O–H groups in total. The predicted octanol–water partition coefficient (Wildman–Crippen LogP) is 13.7. The number of allylic oxidation sites excluding steroid dienone is 3. The Morgan fingerprint density at radius 1 is 0.667 bits per heavy atom. The number of anilines is 2. The van der Waals surface area contributed by atoms with Gasteiger partial charge in [-0.15, -0.1) is 0 Å². The highest BCUT2D eigenvalue weighted by Gasteiger charge is 2.20. The van der Waals surface area contributed by atoms with Crippen molar-refractivity contribution in [3.8, 4) is 39.1 Å². The Morgan fingerprint density at radius 3 is 2.05 bits per heavy atom. The van der Waals surface area contributed by atoms with Crippen LogP contribution in [0.3, 0.4) is 0 Å². The van der Waals surface area contributed by atoms with Crippen molar-refractivity contribution in [2.75, 3.05) is 11.9 Å². The number of aromatic nitrogens is 1. The number of nitrogens with zero attached hydrogens (tertiary/aromatic N) is 3. The molecule has 310 valence electrons. The molecular weight excluding hydrogens is 767 g/mol. The van der Waals surface area contributed by atoms with Gasteiger partial charge in [-0.25, -0.2) is 0 Å². The minimum Gasteiger partial charge on any atom is -0.382 e. The summed E-state index contributed by atoms with van der Waals surface area (Å²) in [6.07, 6.45) is 14.8. The molecule has 5 nitrogen and oxygen atoms in total. The first-order valence-corrected chi connectivity index (χ1v) is 21.9. The lowest BCUT2D eigenvalue weighted by molar-refractivity contribution is 0.734. The van der Waals surface area contributed by atoms with Crippen molar-refractivity contribution in [1.29, 1.82) is 0 Å². The Morgan fingerprint density at radius 2 is 1.32 bits per heavy atom. The molecule has 0 saturated carbocycles. The second-order valence-corrected chi connectivity index (χ2v) is 16.5. The van der Waals surface area contributed by atoms with Gasteiger partial charge in [-0.05, 0) is 119 Å². The van der Waals surface area contributed by atoms with Crippen molar-refractivity contribution in [2.24, 2.45) is 22.6 Å². The third-order valence-corrected chi connectivity index (χ3v) is 12.2. The largest absolute Gasteiger partial charge is 0.382 e. The van der Waals surface area contributed by atoms with Crippen molar-refractivity contribution < 1.29 is 0 Å². The van der Waals surface area contributed by atoms with Crippen LogP contribution in [0.15, 0.2) is 211 Å². The maximum Gasteiger partial charge on any atom is 0.149 e. The van der Waals surface area contributed by atoms with E-state index in [9.17, 15) is 0 Å². The van der Waals surface area contributed by atoms with Gasteiger partial charge in [0.2, 0.25) is 0 Å². The summed E-state index contributed by atoms with van der Waals surface area (Å²) in [7, 11) is 2.16. The van der Waals surface area contributed by atoms with Crippen molar-refractivity contribution in [1.82, 2.24) is 4.57 Å². The fourth-order valence-electron chi connectivity index (χ4n) is 8.83. The molecule has 0 radical (unpaired) electrons. The lowest BCUT2D eigenvalue weighted by atomic mass is 9.93. The van der Waals surface area contributed by atoms with E-state index in [1.54, 1.807) is 0 Å². The second-order valence-electron chi connectivity index (χ2n) is 16.5. The lowest BCUT2D eigenvalue weighted by Gasteiger charge is -2.24. The molecule has 0 spiro atoms. The molecular formula is C58H53N5. The minimum atomic E-state index is 0.410. The van der Waals surface area contributed by atoms with E-state index in [4.69, 9.17) is 11.6 Å². The van der Waals surface area contributed by atoms with Gasteiger partial charge in [0, 0.05) is 51.9 Å². The summed E-state index contributed by atoms with van der Waals surface area (Å²) in [6.45, 7) is 2.15. The third-order valence-electron chi connectivity index (χ3n) is 12.2. The highest BCUT2D eigenvalue weighted by Crippen LogP contribution is 2.41. The lowest BCUT2D eigenvalue weighted by Crippen LogP contribution is -2.17. The topological polar surface area (TPSA) is 72.6 Å². The molecule has 0 aliphatic heterocycles. The number of hydrogen-bond donors (Lipinski definition) is 2. The van der Waals surface area contributed by atoms with Gasteiger partial charge >= 0.3 is 0 Å². The van der Waals surface area contributed by atoms with Crippen LogP contribution in [0.2, 0.25) is 0 Å². The molecule has 0 fully saturated rings. The Bertz CT molecular complexity index is 2970. The summed E-state index contributed by atoms with van der Waals surface area (Å²) >= 11 is 0. The molecule has 2 aliphatic carbocycles. The first-order valence-electron chi connectivity index (χ1n) is 21.9. The highest BCUT2D eigenvalue weighted by atomic mass is 15.2. The van der Waals surface area contributed by atoms with Gasteiger partial charge in [-0.1, -0.05) is 165 Å². The van der Waals surface area contributed by atoms with E-state index in [1.165, 1.54) is 78.0 Å². The summed E-state index contributed by atoms with van der Waals surface area (Å²) in [6, 6.07) is 64.1. The molecule has 1 atom stereocenters. The maximum absolute atomic E-state index is 5.50. The van der Waals surface area contributed by atoms with Crippen LogP contribution in [0.25, 0.3) is 56.0 Å². The molecule has 0 bridgehead atoms. The minimum absolute atomic E-state index is 0.410. The quantitative estimate of drug-likeness (QED) is 0.0659. The monoisotopic (exact) mass is 819 g/mol. The molecule has 7 aromatic carbocycles. The molecule has 63 heavy (non-hydrogen) atoms. The maximum atomic E-state index is 5.50. The molecule has 5 heteroatoms. The smallest absolute Gasteiger partial charge is 0.149 e. The average molecular weight is 820 g/mol. The normalized spacial score (nSPS) is 14.4. The summed E-state index contributed by atoms with van der Waals surface area (Å²) < 4.78 is 2.46. The van der Waals surface area contributed by atoms with Gasteiger partial charge in [0.05, 0.1) is 5.52 Å². The number of para-hydroxylation sites is 2. The van der Waals surface area contributed by atoms with Crippen molar-refractivity contribution in [3.05, 3.63) is 228 Å². The molecule has 0 amide bonds. The van der Waals surface area contributed by atoms with Crippen LogP contribution in [0.5, 0.6) is 0 Å². The SMILES string of the molecule is CC1C=CC(/C(N)=N/N)=CC1.CN(c1ccccc1)c1ccc(-c2ccc3c(c2)c2c(n3-c3ccccc3)CCC=C2)cc1-c1ccc(-c2cccc(Cc3ccccc3)c2)cc1. The van der Waals surface area contributed by atoms with Crippen molar-refractivity contribution in [2.45, 2.75) is 32.6 Å². The van der Waals surface area contributed by atoms with Gasteiger partial charge < -0.3 is 21.0 Å². The zero-order valence-electron chi connectivity index (χ0n) is 36.0. The predicted molar refractivity (Wildman–Crippen MR) is 268 cm³/mol. The van der Waals surface area contributed by atoms with Gasteiger partial charge in [0.1, 0.15) is 5.84 Å². The van der Waals surface area contributed by atoms with Crippen LogP contribution in [0.1, 0.15) is 42.1 Å². The van der Waals surface area contributed by atoms with Crippen molar-refractivity contribution in [3.63, 3.8) is 0 Å². The first-order chi connectivity index (χ1) is 30.9. The van der Waals surface area contributed by atoms with Gasteiger partial charge in [0.25, 0.3) is 0 Å². The highest BCUT2D eigenvalue weighted by molar-refractivity contribution is 5.99. The number of hydrogen-bond acceptors (Lipinski definition) is 3. The van der Waals surface area contributed by atoms with Crippen LogP contribution in [0.4, 0.5) is 11.4 Å². The van der Waals surface area contributed by atoms with E-state index in [1.807, 2.05) is 6.08 Å². The molecule has 1 unspecified atom stereocenters. The van der Waals surface area contributed by atoms with Gasteiger partial charge in [-0.2, -0.15) is 5.10 Å². The standard InChI is InChI=1S/C50H40N2.C8H13N3/c1-51(43-18-7-3-8-19-43)48-30-28-41(42-29-31-50-47(35-42)45-22-11-12-23-49(45)52(50)44-20-9-4-10-21-44)34-46(48)39-26-24-38(25-27-39)40-17-13-16-37(33-40)32-36-14-5-2-6-15-36;1-6-2-4-7(5-3-6)8(9)11-10/h2-11,13-22,24-31,33-35H,12,23,32H2,1H3;2,4-6H,3,10H2,1H3,(H2,9,11). The van der Waals surface area contributed by atoms with Crippen molar-refractivity contribution >= 4 is 34.2 Å². The Hall–Kier alpha value is -7.63. The van der Waals surface area contributed by atoms with E-state index in [0.717, 1.165) is 36.9 Å². The summed E-state index contributed by atoms with van der Waals surface area (Å²) in [4.78, 5) is 2.30. The molecule has 1 aromatic heterocycles. The third kappa shape index (κ3) is 8.91. The first kappa shape index (κ1) is 40.8. The zero-order valence-corrected chi connectivity index (χ0v) is 36.0. The van der Waals surface area contributed by atoms with E-state index in [2.05, 4.69) is 229 Å². The molecule has 10 rings (SSSR count). The van der Waals surface area contributed by atoms with E-state index in [0.29, 0.717) is 11.8 Å². The van der Waals surface area contributed by atoms with Crippen LogP contribution in [-0.4, -0.2) is 17.5 Å². The number of hydrazone groups is 1. The molecule has 0 saturated heterocycles. The van der Waals surface area contributed by atoms with Gasteiger partial charge in [0.15, 0.2) is 0 Å². The van der Waals surface area contributed by atoms with E-state index < -0.39 is 0 Å². The number of benzene rings is 7. The Balaban J connectivity index is 0.000000402. The number of rotatable bonds is 9. The average Bonchev–Trinajstić information content (AvgIpc) is 3.68. The Labute approximate surface area is 371 Å². The summed E-state index contributed by atoms with van der Waals surface area (Å²) in [5.74, 6) is 6.04. The second kappa shape index (κ2) is 18.6.